The molecule has 0 aromatic carbocycles. The number of hydrogen-bond acceptors (Lipinski definition) is 2. The smallest absolute Gasteiger partial charge is 0.153 e. The Bertz CT molecular complexity index is 193. The first-order chi connectivity index (χ1) is 4.63. The van der Waals surface area contributed by atoms with Gasteiger partial charge in [0.05, 0.1) is 0 Å². The van der Waals surface area contributed by atoms with Gasteiger partial charge in [-0.1, -0.05) is 5.92 Å². The van der Waals surface area contributed by atoms with Crippen molar-refractivity contribution in [2.24, 2.45) is 0 Å². The van der Waals surface area contributed by atoms with Crippen LogP contribution in [0.2, 0.25) is 0 Å². The van der Waals surface area contributed by atoms with E-state index in [1.165, 1.54) is 13.0 Å². The van der Waals surface area contributed by atoms with Gasteiger partial charge in [0.25, 0.3) is 0 Å². The summed E-state index contributed by atoms with van der Waals surface area (Å²) in [5, 5.41) is 0. The van der Waals surface area contributed by atoms with Gasteiger partial charge in [0, 0.05) is 20.1 Å². The molecule has 0 spiro atoms. The highest BCUT2D eigenvalue weighted by molar-refractivity contribution is 5.87. The molecule has 54 valence electrons. The second-order valence-corrected chi connectivity index (χ2v) is 2.09. The van der Waals surface area contributed by atoms with Gasteiger partial charge in [0.2, 0.25) is 0 Å². The van der Waals surface area contributed by atoms with Crippen LogP contribution in [0.4, 0.5) is 0 Å². The minimum absolute atomic E-state index is 0.0213. The Hall–Kier alpha value is -1.23. The topological polar surface area (TPSA) is 20.3 Å². The molecule has 0 unspecified atom stereocenters. The van der Waals surface area contributed by atoms with Crippen molar-refractivity contribution in [3.05, 3.63) is 12.2 Å². The molecule has 0 fully saturated rings. The third-order valence-corrected chi connectivity index (χ3v) is 0.690. The lowest BCUT2D eigenvalue weighted by molar-refractivity contribution is -0.112. The lowest BCUT2D eigenvalue weighted by Gasteiger charge is -1.95. The van der Waals surface area contributed by atoms with Crippen molar-refractivity contribution in [2.75, 3.05) is 14.1 Å². The summed E-state index contributed by atoms with van der Waals surface area (Å²) in [6.45, 7) is 1.49. The van der Waals surface area contributed by atoms with Gasteiger partial charge in [-0.25, -0.2) is 0 Å². The molecule has 0 amide bonds. The van der Waals surface area contributed by atoms with Crippen molar-refractivity contribution in [1.82, 2.24) is 4.90 Å². The lowest BCUT2D eigenvalue weighted by Crippen LogP contribution is -2.00. The molecule has 0 aliphatic rings. The maximum Gasteiger partial charge on any atom is 0.153 e. The molecule has 0 aromatic rings. The Labute approximate surface area is 61.5 Å². The van der Waals surface area contributed by atoms with Crippen LogP contribution in [0.1, 0.15) is 6.92 Å². The Morgan fingerprint density at radius 2 is 2.10 bits per heavy atom. The standard InChI is InChI=1S/C8H11NO/c1-8(10)6-4-5-7-9(2)3/h4,6H,1-3H3/b6-4+. The van der Waals surface area contributed by atoms with Crippen molar-refractivity contribution in [1.29, 1.82) is 0 Å². The van der Waals surface area contributed by atoms with Crippen LogP contribution in [0.3, 0.4) is 0 Å². The highest BCUT2D eigenvalue weighted by Gasteiger charge is 1.76. The predicted octanol–water partition coefficient (Wildman–Crippen LogP) is 0.654. The monoisotopic (exact) mass is 137 g/mol. The summed E-state index contributed by atoms with van der Waals surface area (Å²) in [6.07, 6.45) is 2.98. The van der Waals surface area contributed by atoms with Crippen LogP contribution < -0.4 is 0 Å². The fourth-order valence-electron chi connectivity index (χ4n) is 0.325. The lowest BCUT2D eigenvalue weighted by atomic mass is 10.4. The summed E-state index contributed by atoms with van der Waals surface area (Å²) in [4.78, 5) is 12.0. The highest BCUT2D eigenvalue weighted by atomic mass is 16.1. The zero-order valence-electron chi connectivity index (χ0n) is 6.51. The van der Waals surface area contributed by atoms with E-state index in [0.717, 1.165) is 0 Å². The second-order valence-electron chi connectivity index (χ2n) is 2.09. The fraction of sp³-hybridized carbons (Fsp3) is 0.375. The number of rotatable bonds is 1. The van der Waals surface area contributed by atoms with Crippen LogP contribution >= 0.6 is 0 Å². The first kappa shape index (κ1) is 8.77. The maximum absolute atomic E-state index is 10.3. The van der Waals surface area contributed by atoms with Gasteiger partial charge >= 0.3 is 0 Å². The number of nitrogens with zero attached hydrogens (tertiary/aromatic N) is 1. The molecule has 2 nitrogen and oxygen atoms in total. The molecule has 0 bridgehead atoms. The largest absolute Gasteiger partial charge is 0.338 e. The molecule has 0 aromatic heterocycles. The van der Waals surface area contributed by atoms with Gasteiger partial charge in [0.15, 0.2) is 5.78 Å². The van der Waals surface area contributed by atoms with E-state index in [-0.39, 0.29) is 5.78 Å². The SMILES string of the molecule is CC(=O)/C=C/C#CN(C)C. The summed E-state index contributed by atoms with van der Waals surface area (Å²) in [5.41, 5.74) is 0. The molecule has 10 heavy (non-hydrogen) atoms. The molecule has 0 N–H and O–H groups in total. The zero-order chi connectivity index (χ0) is 7.98. The van der Waals surface area contributed by atoms with Crippen LogP contribution in [0.15, 0.2) is 12.2 Å². The number of hydrogen-bond donors (Lipinski definition) is 0. The third-order valence-electron chi connectivity index (χ3n) is 0.690. The van der Waals surface area contributed by atoms with Gasteiger partial charge in [-0.15, -0.1) is 0 Å². The van der Waals surface area contributed by atoms with E-state index in [2.05, 4.69) is 12.0 Å². The van der Waals surface area contributed by atoms with E-state index < -0.39 is 0 Å². The predicted molar refractivity (Wildman–Crippen MR) is 41.3 cm³/mol. The minimum Gasteiger partial charge on any atom is -0.338 e. The first-order valence-corrected chi connectivity index (χ1v) is 2.98. The van der Waals surface area contributed by atoms with Crippen LogP contribution in [-0.2, 0) is 4.79 Å². The van der Waals surface area contributed by atoms with Crippen molar-refractivity contribution < 1.29 is 4.79 Å². The molecule has 0 aliphatic heterocycles. The molecule has 2 heteroatoms. The minimum atomic E-state index is 0.0213. The average molecular weight is 137 g/mol. The molecular formula is C8H11NO. The Kier molecular flexibility index (Phi) is 4.06. The van der Waals surface area contributed by atoms with Gasteiger partial charge in [0.1, 0.15) is 0 Å². The van der Waals surface area contributed by atoms with Crippen molar-refractivity contribution in [2.45, 2.75) is 6.92 Å². The van der Waals surface area contributed by atoms with Crippen molar-refractivity contribution in [3.63, 3.8) is 0 Å². The number of carbonyl (C=O) groups is 1. The maximum atomic E-state index is 10.3. The van der Waals surface area contributed by atoms with E-state index in [4.69, 9.17) is 0 Å². The van der Waals surface area contributed by atoms with Crippen molar-refractivity contribution in [3.8, 4) is 12.0 Å². The Balaban J connectivity index is 3.76. The Morgan fingerprint density at radius 1 is 1.50 bits per heavy atom. The van der Waals surface area contributed by atoms with Gasteiger partial charge < -0.3 is 4.90 Å². The van der Waals surface area contributed by atoms with Gasteiger partial charge in [-0.05, 0) is 19.1 Å². The number of carbonyl (C=O) groups excluding carboxylic acids is 1. The van der Waals surface area contributed by atoms with E-state index in [1.54, 1.807) is 11.0 Å². The summed E-state index contributed by atoms with van der Waals surface area (Å²) in [5.74, 6) is 2.71. The second kappa shape index (κ2) is 4.63. The molecule has 0 saturated carbocycles. The molecule has 0 saturated heterocycles. The quantitative estimate of drug-likeness (QED) is 0.300. The van der Waals surface area contributed by atoms with Crippen LogP contribution in [0.25, 0.3) is 0 Å². The molecule has 0 atom stereocenters. The molecular weight excluding hydrogens is 126 g/mol. The highest BCUT2D eigenvalue weighted by Crippen LogP contribution is 1.73. The number of ketones is 1. The zero-order valence-corrected chi connectivity index (χ0v) is 6.51. The van der Waals surface area contributed by atoms with E-state index >= 15 is 0 Å². The van der Waals surface area contributed by atoms with E-state index in [0.29, 0.717) is 0 Å². The van der Waals surface area contributed by atoms with E-state index in [9.17, 15) is 4.79 Å². The number of allylic oxidation sites excluding steroid dienone is 2. The molecule has 0 rings (SSSR count). The van der Waals surface area contributed by atoms with Crippen LogP contribution in [0.5, 0.6) is 0 Å². The first-order valence-electron chi connectivity index (χ1n) is 2.98. The fourth-order valence-corrected chi connectivity index (χ4v) is 0.325. The van der Waals surface area contributed by atoms with Crippen molar-refractivity contribution >= 4 is 5.78 Å². The summed E-state index contributed by atoms with van der Waals surface area (Å²) in [6, 6.07) is 2.75. The summed E-state index contributed by atoms with van der Waals surface area (Å²) >= 11 is 0. The molecule has 0 heterocycles. The summed E-state index contributed by atoms with van der Waals surface area (Å²) < 4.78 is 0. The Morgan fingerprint density at radius 3 is 2.50 bits per heavy atom. The normalized spacial score (nSPS) is 8.70. The van der Waals surface area contributed by atoms with Crippen LogP contribution in [-0.4, -0.2) is 24.8 Å². The van der Waals surface area contributed by atoms with Gasteiger partial charge in [-0.2, -0.15) is 0 Å². The van der Waals surface area contributed by atoms with Crippen LogP contribution in [0, 0.1) is 12.0 Å². The summed E-state index contributed by atoms with van der Waals surface area (Å²) in [7, 11) is 3.68. The molecule has 0 aliphatic carbocycles. The average Bonchev–Trinajstić information content (AvgIpc) is 1.79. The third kappa shape index (κ3) is 6.77. The van der Waals surface area contributed by atoms with Gasteiger partial charge in [-0.3, -0.25) is 4.79 Å². The van der Waals surface area contributed by atoms with E-state index in [1.807, 2.05) is 14.1 Å². The molecule has 0 radical (unpaired) electrons.